The maximum atomic E-state index is 11.9. The summed E-state index contributed by atoms with van der Waals surface area (Å²) in [6.45, 7) is 4.26. The quantitative estimate of drug-likeness (QED) is 0.768. The van der Waals surface area contributed by atoms with Gasteiger partial charge in [-0.1, -0.05) is 19.1 Å². The Labute approximate surface area is 128 Å². The van der Waals surface area contributed by atoms with Crippen LogP contribution in [0.2, 0.25) is 0 Å². The Hall–Kier alpha value is -1.88. The van der Waals surface area contributed by atoms with E-state index in [1.54, 1.807) is 18.4 Å². The lowest BCUT2D eigenvalue weighted by molar-refractivity contribution is -0.144. The molecule has 0 aliphatic heterocycles. The van der Waals surface area contributed by atoms with Crippen molar-refractivity contribution in [1.82, 2.24) is 4.98 Å². The Morgan fingerprint density at radius 2 is 2.19 bits per heavy atom. The predicted octanol–water partition coefficient (Wildman–Crippen LogP) is 3.31. The molecule has 0 saturated heterocycles. The van der Waals surface area contributed by atoms with Crippen molar-refractivity contribution in [1.29, 1.82) is 0 Å². The Kier molecular flexibility index (Phi) is 5.33. The number of aryl methyl sites for hydroxylation is 2. The molecular formula is C16H19NO3S. The number of nitrogens with zero attached hydrogens (tertiary/aromatic N) is 1. The molecular weight excluding hydrogens is 286 g/mol. The minimum Gasteiger partial charge on any atom is -0.496 e. The normalized spacial score (nSPS) is 10.4. The maximum Gasteiger partial charge on any atom is 0.310 e. The molecule has 112 valence electrons. The van der Waals surface area contributed by atoms with Crippen molar-refractivity contribution >= 4 is 17.3 Å². The van der Waals surface area contributed by atoms with Crippen LogP contribution in [0.1, 0.15) is 28.8 Å². The Bertz CT molecular complexity index is 622. The first kappa shape index (κ1) is 15.5. The smallest absolute Gasteiger partial charge is 0.310 e. The van der Waals surface area contributed by atoms with Crippen LogP contribution in [0, 0.1) is 6.92 Å². The average molecular weight is 305 g/mol. The van der Waals surface area contributed by atoms with Gasteiger partial charge in [-0.05, 0) is 30.5 Å². The van der Waals surface area contributed by atoms with Crippen LogP contribution in [0.15, 0.2) is 23.6 Å². The minimum atomic E-state index is -0.257. The molecule has 0 aliphatic carbocycles. The standard InChI is InChI=1S/C16H19NO3S/c1-4-15-17-13(10-21-15)9-20-16(18)8-12-6-5-11(2)14(7-12)19-3/h5-7,10H,4,8-9H2,1-3H3. The number of ether oxygens (including phenoxy) is 2. The summed E-state index contributed by atoms with van der Waals surface area (Å²) in [4.78, 5) is 16.2. The fourth-order valence-corrected chi connectivity index (χ4v) is 2.65. The highest BCUT2D eigenvalue weighted by atomic mass is 32.1. The lowest BCUT2D eigenvalue weighted by atomic mass is 10.1. The van der Waals surface area contributed by atoms with Crippen LogP contribution in [0.4, 0.5) is 0 Å². The third kappa shape index (κ3) is 4.29. The minimum absolute atomic E-state index is 0.234. The van der Waals surface area contributed by atoms with Crippen molar-refractivity contribution in [3.05, 3.63) is 45.4 Å². The third-order valence-electron chi connectivity index (χ3n) is 3.10. The van der Waals surface area contributed by atoms with Gasteiger partial charge in [-0.15, -0.1) is 11.3 Å². The van der Waals surface area contributed by atoms with E-state index in [0.29, 0.717) is 0 Å². The van der Waals surface area contributed by atoms with Crippen molar-refractivity contribution in [3.8, 4) is 5.75 Å². The highest BCUT2D eigenvalue weighted by Gasteiger charge is 2.09. The second-order valence-electron chi connectivity index (χ2n) is 4.73. The molecule has 0 N–H and O–H groups in total. The highest BCUT2D eigenvalue weighted by molar-refractivity contribution is 7.09. The van der Waals surface area contributed by atoms with Crippen molar-refractivity contribution in [3.63, 3.8) is 0 Å². The largest absolute Gasteiger partial charge is 0.496 e. The molecule has 0 aliphatic rings. The summed E-state index contributed by atoms with van der Waals surface area (Å²) in [5.41, 5.74) is 2.74. The number of carbonyl (C=O) groups is 1. The third-order valence-corrected chi connectivity index (χ3v) is 4.15. The highest BCUT2D eigenvalue weighted by Crippen LogP contribution is 2.19. The van der Waals surface area contributed by atoms with Gasteiger partial charge in [0.25, 0.3) is 0 Å². The molecule has 5 heteroatoms. The number of carbonyl (C=O) groups excluding carboxylic acids is 1. The van der Waals surface area contributed by atoms with E-state index in [-0.39, 0.29) is 19.0 Å². The van der Waals surface area contributed by atoms with E-state index < -0.39 is 0 Å². The van der Waals surface area contributed by atoms with E-state index in [1.165, 1.54) is 0 Å². The van der Waals surface area contributed by atoms with E-state index in [0.717, 1.165) is 34.0 Å². The zero-order chi connectivity index (χ0) is 15.2. The van der Waals surface area contributed by atoms with Gasteiger partial charge in [0, 0.05) is 5.38 Å². The lowest BCUT2D eigenvalue weighted by Gasteiger charge is -2.07. The molecule has 0 radical (unpaired) electrons. The van der Waals surface area contributed by atoms with E-state index >= 15 is 0 Å². The summed E-state index contributed by atoms with van der Waals surface area (Å²) in [6, 6.07) is 5.72. The molecule has 0 unspecified atom stereocenters. The van der Waals surface area contributed by atoms with Crippen molar-refractivity contribution in [2.45, 2.75) is 33.3 Å². The van der Waals surface area contributed by atoms with Gasteiger partial charge in [-0.25, -0.2) is 4.98 Å². The molecule has 0 bridgehead atoms. The molecule has 0 spiro atoms. The average Bonchev–Trinajstić information content (AvgIpc) is 2.95. The van der Waals surface area contributed by atoms with Crippen molar-refractivity contribution < 1.29 is 14.3 Å². The second-order valence-corrected chi connectivity index (χ2v) is 5.67. The number of esters is 1. The summed E-state index contributed by atoms with van der Waals surface area (Å²) < 4.78 is 10.5. The number of thiazole rings is 1. The topological polar surface area (TPSA) is 48.4 Å². The number of methoxy groups -OCH3 is 1. The van der Waals surface area contributed by atoms with Crippen LogP contribution >= 0.6 is 11.3 Å². The van der Waals surface area contributed by atoms with Crippen LogP contribution in [-0.4, -0.2) is 18.1 Å². The number of hydrogen-bond acceptors (Lipinski definition) is 5. The van der Waals surface area contributed by atoms with Gasteiger partial charge in [0.2, 0.25) is 0 Å². The van der Waals surface area contributed by atoms with Crippen LogP contribution in [0.25, 0.3) is 0 Å². The van der Waals surface area contributed by atoms with Crippen LogP contribution in [0.5, 0.6) is 5.75 Å². The molecule has 0 amide bonds. The second kappa shape index (κ2) is 7.22. The van der Waals surface area contributed by atoms with Gasteiger partial charge in [0.15, 0.2) is 0 Å². The summed E-state index contributed by atoms with van der Waals surface area (Å²) in [5, 5.41) is 2.99. The summed E-state index contributed by atoms with van der Waals surface area (Å²) >= 11 is 1.59. The van der Waals surface area contributed by atoms with Gasteiger partial charge < -0.3 is 9.47 Å². The monoisotopic (exact) mass is 305 g/mol. The number of hydrogen-bond donors (Lipinski definition) is 0. The summed E-state index contributed by atoms with van der Waals surface area (Å²) in [6.07, 6.45) is 1.14. The SMILES string of the molecule is CCc1nc(COC(=O)Cc2ccc(C)c(OC)c2)cs1. The molecule has 21 heavy (non-hydrogen) atoms. The molecule has 1 aromatic heterocycles. The first-order chi connectivity index (χ1) is 10.1. The zero-order valence-electron chi connectivity index (χ0n) is 12.5. The number of rotatable bonds is 6. The molecule has 1 heterocycles. The van der Waals surface area contributed by atoms with E-state index in [2.05, 4.69) is 11.9 Å². The number of aromatic nitrogens is 1. The van der Waals surface area contributed by atoms with E-state index in [1.807, 2.05) is 30.5 Å². The van der Waals surface area contributed by atoms with Crippen molar-refractivity contribution in [2.75, 3.05) is 7.11 Å². The van der Waals surface area contributed by atoms with Crippen LogP contribution in [-0.2, 0) is 29.0 Å². The Morgan fingerprint density at radius 1 is 1.38 bits per heavy atom. The van der Waals surface area contributed by atoms with Gasteiger partial charge in [-0.3, -0.25) is 4.79 Å². The Balaban J connectivity index is 1.89. The van der Waals surface area contributed by atoms with Crippen LogP contribution in [0.3, 0.4) is 0 Å². The molecule has 4 nitrogen and oxygen atoms in total. The van der Waals surface area contributed by atoms with Crippen molar-refractivity contribution in [2.24, 2.45) is 0 Å². The summed E-state index contributed by atoms with van der Waals surface area (Å²) in [7, 11) is 1.62. The lowest BCUT2D eigenvalue weighted by Crippen LogP contribution is -2.08. The first-order valence-electron chi connectivity index (χ1n) is 6.84. The number of benzene rings is 1. The van der Waals surface area contributed by atoms with E-state index in [9.17, 15) is 4.79 Å². The molecule has 2 aromatic rings. The van der Waals surface area contributed by atoms with E-state index in [4.69, 9.17) is 9.47 Å². The van der Waals surface area contributed by atoms with Gasteiger partial charge in [0.05, 0.1) is 24.2 Å². The predicted molar refractivity (Wildman–Crippen MR) is 82.7 cm³/mol. The molecule has 1 aromatic carbocycles. The van der Waals surface area contributed by atoms with Gasteiger partial charge in [-0.2, -0.15) is 0 Å². The molecule has 0 atom stereocenters. The fraction of sp³-hybridized carbons (Fsp3) is 0.375. The molecule has 2 rings (SSSR count). The van der Waals surface area contributed by atoms with Gasteiger partial charge in [0.1, 0.15) is 12.4 Å². The van der Waals surface area contributed by atoms with Gasteiger partial charge >= 0.3 is 5.97 Å². The fourth-order valence-electron chi connectivity index (χ4n) is 1.92. The Morgan fingerprint density at radius 3 is 2.86 bits per heavy atom. The zero-order valence-corrected chi connectivity index (χ0v) is 13.3. The molecule has 0 saturated carbocycles. The van der Waals surface area contributed by atoms with Crippen LogP contribution < -0.4 is 4.74 Å². The molecule has 0 fully saturated rings. The first-order valence-corrected chi connectivity index (χ1v) is 7.72. The summed E-state index contributed by atoms with van der Waals surface area (Å²) in [5.74, 6) is 0.527. The maximum absolute atomic E-state index is 11.9.